The van der Waals surface area contributed by atoms with Crippen LogP contribution in [-0.4, -0.2) is 4.99 Å². The third-order valence-corrected chi connectivity index (χ3v) is 3.71. The molecule has 1 aliphatic rings. The average molecular weight is 254 g/mol. The minimum Gasteiger partial charge on any atom is -0.393 e. The first-order valence-electron chi connectivity index (χ1n) is 5.75. The second-order valence-electron chi connectivity index (χ2n) is 4.39. The molecule has 0 bridgehead atoms. The van der Waals surface area contributed by atoms with Crippen molar-refractivity contribution < 1.29 is 0 Å². The van der Waals surface area contributed by atoms with E-state index in [0.717, 1.165) is 17.9 Å². The molecule has 0 heterocycles. The molecule has 16 heavy (non-hydrogen) atoms. The van der Waals surface area contributed by atoms with Crippen molar-refractivity contribution in [1.29, 1.82) is 0 Å². The predicted molar refractivity (Wildman–Crippen MR) is 73.2 cm³/mol. The van der Waals surface area contributed by atoms with Gasteiger partial charge < -0.3 is 5.73 Å². The number of hydrogen-bond acceptors (Lipinski definition) is 1. The number of halogens is 1. The molecular formula is C13H16ClNS. The van der Waals surface area contributed by atoms with Crippen molar-refractivity contribution in [1.82, 2.24) is 0 Å². The number of benzene rings is 1. The zero-order chi connectivity index (χ0) is 11.5. The van der Waals surface area contributed by atoms with Crippen LogP contribution in [0, 0.1) is 0 Å². The second kappa shape index (κ2) is 5.15. The Hall–Kier alpha value is -0.600. The van der Waals surface area contributed by atoms with Crippen LogP contribution in [0.2, 0.25) is 5.02 Å². The number of fused-ring (bicyclic) bond motifs is 1. The van der Waals surface area contributed by atoms with E-state index >= 15 is 0 Å². The van der Waals surface area contributed by atoms with Gasteiger partial charge >= 0.3 is 0 Å². The van der Waals surface area contributed by atoms with Crippen molar-refractivity contribution in [2.45, 2.75) is 38.5 Å². The second-order valence-corrected chi connectivity index (χ2v) is 5.32. The fourth-order valence-corrected chi connectivity index (χ4v) is 2.64. The van der Waals surface area contributed by atoms with E-state index in [0.29, 0.717) is 4.99 Å². The van der Waals surface area contributed by atoms with Crippen molar-refractivity contribution in [3.05, 3.63) is 33.8 Å². The lowest BCUT2D eigenvalue weighted by Gasteiger charge is -2.17. The molecule has 86 valence electrons. The van der Waals surface area contributed by atoms with E-state index in [2.05, 4.69) is 12.1 Å². The highest BCUT2D eigenvalue weighted by Crippen LogP contribution is 2.28. The van der Waals surface area contributed by atoms with E-state index < -0.39 is 0 Å². The minimum atomic E-state index is 0.564. The lowest BCUT2D eigenvalue weighted by Crippen LogP contribution is -2.09. The summed E-state index contributed by atoms with van der Waals surface area (Å²) in [5, 5.41) is 0.872. The monoisotopic (exact) mass is 253 g/mol. The zero-order valence-electron chi connectivity index (χ0n) is 9.26. The maximum atomic E-state index is 6.26. The van der Waals surface area contributed by atoms with E-state index in [1.165, 1.54) is 42.4 Å². The minimum absolute atomic E-state index is 0.564. The number of aryl methyl sites for hydroxylation is 3. The lowest BCUT2D eigenvalue weighted by molar-refractivity contribution is 0.684. The quantitative estimate of drug-likeness (QED) is 0.836. The normalized spacial score (nSPS) is 14.6. The lowest BCUT2D eigenvalue weighted by atomic mass is 9.89. The van der Waals surface area contributed by atoms with Gasteiger partial charge in [0.15, 0.2) is 0 Å². The predicted octanol–water partition coefficient (Wildman–Crippen LogP) is 3.44. The molecular weight excluding hydrogens is 238 g/mol. The Morgan fingerprint density at radius 3 is 2.50 bits per heavy atom. The van der Waals surface area contributed by atoms with Crippen molar-refractivity contribution >= 4 is 28.8 Å². The van der Waals surface area contributed by atoms with Crippen molar-refractivity contribution in [3.63, 3.8) is 0 Å². The van der Waals surface area contributed by atoms with Gasteiger partial charge in [-0.2, -0.15) is 0 Å². The molecule has 0 fully saturated rings. The summed E-state index contributed by atoms with van der Waals surface area (Å²) in [6.07, 6.45) is 6.55. The van der Waals surface area contributed by atoms with Crippen molar-refractivity contribution in [2.75, 3.05) is 0 Å². The van der Waals surface area contributed by atoms with Gasteiger partial charge in [-0.3, -0.25) is 0 Å². The molecule has 0 saturated heterocycles. The van der Waals surface area contributed by atoms with E-state index in [1.807, 2.05) is 0 Å². The van der Waals surface area contributed by atoms with Crippen LogP contribution in [0.3, 0.4) is 0 Å². The summed E-state index contributed by atoms with van der Waals surface area (Å²) in [5.41, 5.74) is 9.60. The van der Waals surface area contributed by atoms with Crippen LogP contribution in [0.4, 0.5) is 0 Å². The maximum Gasteiger partial charge on any atom is 0.0730 e. The van der Waals surface area contributed by atoms with Crippen LogP contribution < -0.4 is 5.73 Å². The average Bonchev–Trinajstić information content (AvgIpc) is 2.26. The first kappa shape index (κ1) is 11.9. The third-order valence-electron chi connectivity index (χ3n) is 3.15. The van der Waals surface area contributed by atoms with Crippen LogP contribution in [-0.2, 0) is 19.3 Å². The van der Waals surface area contributed by atoms with Gasteiger partial charge in [-0.05, 0) is 54.9 Å². The molecule has 1 aromatic rings. The van der Waals surface area contributed by atoms with Gasteiger partial charge in [0.05, 0.1) is 4.99 Å². The Balaban J connectivity index is 2.21. The number of thiocarbonyl (C=S) groups is 1. The van der Waals surface area contributed by atoms with E-state index in [9.17, 15) is 0 Å². The van der Waals surface area contributed by atoms with Gasteiger partial charge in [0.2, 0.25) is 0 Å². The molecule has 2 rings (SSSR count). The molecule has 0 atom stereocenters. The van der Waals surface area contributed by atoms with Crippen LogP contribution in [0.15, 0.2) is 12.1 Å². The van der Waals surface area contributed by atoms with E-state index in [4.69, 9.17) is 29.6 Å². The van der Waals surface area contributed by atoms with Gasteiger partial charge in [0.1, 0.15) is 0 Å². The van der Waals surface area contributed by atoms with E-state index in [1.54, 1.807) is 0 Å². The topological polar surface area (TPSA) is 26.0 Å². The molecule has 1 nitrogen and oxygen atoms in total. The highest BCUT2D eigenvalue weighted by atomic mass is 35.5. The van der Waals surface area contributed by atoms with Crippen LogP contribution in [0.5, 0.6) is 0 Å². The molecule has 0 amide bonds. The number of hydrogen-bond donors (Lipinski definition) is 1. The summed E-state index contributed by atoms with van der Waals surface area (Å²) in [5.74, 6) is 0. The standard InChI is InChI=1S/C13H16ClNS/c14-12-8-10-4-2-1-3-9(10)7-11(12)5-6-13(15)16/h7-8H,1-6H2,(H2,15,16). The molecule has 1 aromatic carbocycles. The third kappa shape index (κ3) is 2.74. The SMILES string of the molecule is NC(=S)CCc1cc2c(cc1Cl)CCCC2. The molecule has 0 spiro atoms. The fraction of sp³-hybridized carbons (Fsp3) is 0.462. The van der Waals surface area contributed by atoms with Crippen LogP contribution in [0.1, 0.15) is 36.0 Å². The number of rotatable bonds is 3. The Kier molecular flexibility index (Phi) is 3.82. The Morgan fingerprint density at radius 2 is 1.88 bits per heavy atom. The van der Waals surface area contributed by atoms with Gasteiger partial charge in [-0.25, -0.2) is 0 Å². The summed E-state index contributed by atoms with van der Waals surface area (Å²) < 4.78 is 0. The van der Waals surface area contributed by atoms with Crippen molar-refractivity contribution in [2.24, 2.45) is 5.73 Å². The smallest absolute Gasteiger partial charge is 0.0730 e. The summed E-state index contributed by atoms with van der Waals surface area (Å²) in [7, 11) is 0. The first-order valence-corrected chi connectivity index (χ1v) is 6.54. The molecule has 0 radical (unpaired) electrons. The van der Waals surface area contributed by atoms with Gasteiger partial charge in [0, 0.05) is 11.4 Å². The zero-order valence-corrected chi connectivity index (χ0v) is 10.8. The summed E-state index contributed by atoms with van der Waals surface area (Å²) in [4.78, 5) is 0.564. The Bertz CT molecular complexity index is 415. The highest BCUT2D eigenvalue weighted by Gasteiger charge is 2.12. The summed E-state index contributed by atoms with van der Waals surface area (Å²) in [6.45, 7) is 0. The largest absolute Gasteiger partial charge is 0.393 e. The van der Waals surface area contributed by atoms with E-state index in [-0.39, 0.29) is 0 Å². The molecule has 3 heteroatoms. The fourth-order valence-electron chi connectivity index (χ4n) is 2.26. The van der Waals surface area contributed by atoms with Crippen molar-refractivity contribution in [3.8, 4) is 0 Å². The summed E-state index contributed by atoms with van der Waals surface area (Å²) >= 11 is 11.2. The Morgan fingerprint density at radius 1 is 1.25 bits per heavy atom. The van der Waals surface area contributed by atoms with Gasteiger partial charge in [-0.1, -0.05) is 29.9 Å². The van der Waals surface area contributed by atoms with Gasteiger partial charge in [0.25, 0.3) is 0 Å². The molecule has 0 saturated carbocycles. The summed E-state index contributed by atoms with van der Waals surface area (Å²) in [6, 6.07) is 4.38. The highest BCUT2D eigenvalue weighted by molar-refractivity contribution is 7.80. The van der Waals surface area contributed by atoms with Gasteiger partial charge in [-0.15, -0.1) is 0 Å². The molecule has 0 unspecified atom stereocenters. The van der Waals surface area contributed by atoms with Crippen LogP contribution in [0.25, 0.3) is 0 Å². The molecule has 0 aliphatic heterocycles. The van der Waals surface area contributed by atoms with Crippen LogP contribution >= 0.6 is 23.8 Å². The number of nitrogens with two attached hydrogens (primary N) is 1. The first-order chi connectivity index (χ1) is 7.66. The molecule has 1 aliphatic carbocycles. The Labute approximate surface area is 107 Å². The molecule has 2 N–H and O–H groups in total. The maximum absolute atomic E-state index is 6.26. The molecule has 0 aromatic heterocycles.